The summed E-state index contributed by atoms with van der Waals surface area (Å²) >= 11 is 0. The molecule has 0 aliphatic heterocycles. The van der Waals surface area contributed by atoms with Crippen molar-refractivity contribution >= 4 is 33.3 Å². The van der Waals surface area contributed by atoms with E-state index in [0.29, 0.717) is 28.7 Å². The number of ether oxygens (including phenoxy) is 5. The van der Waals surface area contributed by atoms with Crippen molar-refractivity contribution in [3.8, 4) is 28.7 Å². The van der Waals surface area contributed by atoms with Crippen LogP contribution < -0.4 is 39.6 Å². The van der Waals surface area contributed by atoms with Crippen molar-refractivity contribution in [1.29, 1.82) is 0 Å². The first-order valence-electron chi connectivity index (χ1n) is 15.0. The molecule has 1 atom stereocenters. The van der Waals surface area contributed by atoms with Crippen molar-refractivity contribution in [2.45, 2.75) is 11.2 Å². The monoisotopic (exact) mass is 728 g/mol. The molecule has 5 aromatic rings. The van der Waals surface area contributed by atoms with Gasteiger partial charge in [-0.2, -0.15) is 13.2 Å². The van der Waals surface area contributed by atoms with Gasteiger partial charge in [0, 0.05) is 17.7 Å². The second-order valence-electron chi connectivity index (χ2n) is 10.6. The standard InChI is InChI=1S/C36H36O5P.CHF3O3S/c1-37-27-24-33(40-4)35(34(25-27)41-5)36(26-21-22-31(38-2)32(23-26)39-3)42(28-15-9-6-10-16-28,29-17-11-7-12-18-29)30-19-13-8-14-20-30;2-1(3,4)8(5,6)7/h6-25,36H,1-5H3;(H,5,6,7)/q+1;/p-1. The summed E-state index contributed by atoms with van der Waals surface area (Å²) in [6.45, 7) is 0. The van der Waals surface area contributed by atoms with E-state index in [4.69, 9.17) is 36.7 Å². The van der Waals surface area contributed by atoms with Crippen LogP contribution in [0.25, 0.3) is 0 Å². The van der Waals surface area contributed by atoms with E-state index in [-0.39, 0.29) is 5.66 Å². The molecule has 264 valence electrons. The SMILES string of the molecule is COc1cc(OC)c(C(c2ccc(OC)c(OC)c2)[P+](c2ccccc2)(c2ccccc2)c2ccccc2)c(OC)c1.O=S(=O)([O-])C(F)(F)F. The molecule has 0 aromatic heterocycles. The summed E-state index contributed by atoms with van der Waals surface area (Å²) in [6.07, 6.45) is 0. The Hall–Kier alpha value is -4.77. The van der Waals surface area contributed by atoms with Gasteiger partial charge in [0.05, 0.1) is 41.1 Å². The Kier molecular flexibility index (Phi) is 12.4. The summed E-state index contributed by atoms with van der Waals surface area (Å²) in [5, 5.41) is 3.67. The fraction of sp³-hybridized carbons (Fsp3) is 0.189. The highest BCUT2D eigenvalue weighted by Gasteiger charge is 2.56. The molecule has 0 amide bonds. The van der Waals surface area contributed by atoms with Gasteiger partial charge < -0.3 is 28.2 Å². The molecule has 0 spiro atoms. The van der Waals surface area contributed by atoms with Gasteiger partial charge in [-0.05, 0) is 48.5 Å². The third kappa shape index (κ3) is 7.83. The van der Waals surface area contributed by atoms with Gasteiger partial charge in [0.2, 0.25) is 0 Å². The van der Waals surface area contributed by atoms with Gasteiger partial charge in [0.15, 0.2) is 21.6 Å². The first kappa shape index (κ1) is 38.0. The fourth-order valence-electron chi connectivity index (χ4n) is 5.79. The van der Waals surface area contributed by atoms with Gasteiger partial charge in [-0.15, -0.1) is 0 Å². The number of alkyl halides is 3. The summed E-state index contributed by atoms with van der Waals surface area (Å²) in [4.78, 5) is 0. The highest BCUT2D eigenvalue weighted by Crippen LogP contribution is 2.71. The zero-order valence-electron chi connectivity index (χ0n) is 27.9. The fourth-order valence-corrected chi connectivity index (χ4v) is 10.8. The third-order valence-corrected chi connectivity index (χ3v) is 13.1. The van der Waals surface area contributed by atoms with Crippen LogP contribution in [0, 0.1) is 0 Å². The van der Waals surface area contributed by atoms with E-state index in [0.717, 1.165) is 11.1 Å². The topological polar surface area (TPSA) is 103 Å². The Balaban J connectivity index is 0.000000627. The van der Waals surface area contributed by atoms with Crippen LogP contribution in [0.15, 0.2) is 121 Å². The maximum absolute atomic E-state index is 10.7. The summed E-state index contributed by atoms with van der Waals surface area (Å²) in [5.41, 5.74) is -3.93. The normalized spacial score (nSPS) is 12.2. The van der Waals surface area contributed by atoms with E-state index in [9.17, 15) is 13.2 Å². The molecule has 0 saturated heterocycles. The summed E-state index contributed by atoms with van der Waals surface area (Å²) in [7, 11) is -0.303. The van der Waals surface area contributed by atoms with E-state index < -0.39 is 22.9 Å². The van der Waals surface area contributed by atoms with E-state index >= 15 is 0 Å². The zero-order valence-corrected chi connectivity index (χ0v) is 29.6. The Labute approximate surface area is 290 Å². The van der Waals surface area contributed by atoms with Crippen LogP contribution in [0.2, 0.25) is 0 Å². The average molecular weight is 729 g/mol. The van der Waals surface area contributed by atoms with Gasteiger partial charge in [0.1, 0.15) is 46.1 Å². The minimum Gasteiger partial charge on any atom is -0.741 e. The summed E-state index contributed by atoms with van der Waals surface area (Å²) in [5.74, 6) is 3.33. The highest BCUT2D eigenvalue weighted by atomic mass is 32.2. The van der Waals surface area contributed by atoms with E-state index in [2.05, 4.69) is 103 Å². The number of hydrogen-bond donors (Lipinski definition) is 0. The lowest BCUT2D eigenvalue weighted by atomic mass is 10.0. The number of hydrogen-bond acceptors (Lipinski definition) is 8. The number of halogens is 3. The maximum Gasteiger partial charge on any atom is 0.485 e. The second-order valence-corrected chi connectivity index (χ2v) is 15.5. The largest absolute Gasteiger partial charge is 0.741 e. The zero-order chi connectivity index (χ0) is 36.5. The molecule has 0 radical (unpaired) electrons. The molecule has 0 saturated carbocycles. The van der Waals surface area contributed by atoms with Gasteiger partial charge in [-0.1, -0.05) is 60.7 Å². The van der Waals surface area contributed by atoms with Crippen molar-refractivity contribution in [2.75, 3.05) is 35.5 Å². The van der Waals surface area contributed by atoms with Gasteiger partial charge in [-0.3, -0.25) is 0 Å². The molecule has 0 aliphatic rings. The predicted molar refractivity (Wildman–Crippen MR) is 188 cm³/mol. The number of rotatable bonds is 11. The van der Waals surface area contributed by atoms with E-state index in [1.54, 1.807) is 35.5 Å². The first-order chi connectivity index (χ1) is 23.9. The molecule has 8 nitrogen and oxygen atoms in total. The Morgan fingerprint density at radius 3 is 1.26 bits per heavy atom. The minimum atomic E-state index is -6.09. The van der Waals surface area contributed by atoms with Crippen molar-refractivity contribution in [3.05, 3.63) is 132 Å². The lowest BCUT2D eigenvalue weighted by Crippen LogP contribution is -2.36. The van der Waals surface area contributed by atoms with Crippen molar-refractivity contribution in [3.63, 3.8) is 0 Å². The smallest absolute Gasteiger partial charge is 0.485 e. The molecular formula is C37H36F3O8PS. The molecule has 0 bridgehead atoms. The highest BCUT2D eigenvalue weighted by molar-refractivity contribution is 7.96. The van der Waals surface area contributed by atoms with E-state index in [1.165, 1.54) is 15.9 Å². The molecule has 1 unspecified atom stereocenters. The molecule has 5 rings (SSSR count). The van der Waals surface area contributed by atoms with Gasteiger partial charge in [0.25, 0.3) is 0 Å². The van der Waals surface area contributed by atoms with Crippen LogP contribution in [0.1, 0.15) is 16.8 Å². The molecule has 0 N–H and O–H groups in total. The van der Waals surface area contributed by atoms with Crippen molar-refractivity contribution < 1.29 is 49.8 Å². The van der Waals surface area contributed by atoms with Crippen LogP contribution in [-0.4, -0.2) is 54.0 Å². The summed E-state index contributed by atoms with van der Waals surface area (Å²) < 4.78 is 88.3. The van der Waals surface area contributed by atoms with Crippen LogP contribution in [-0.2, 0) is 10.1 Å². The second kappa shape index (κ2) is 16.3. The Morgan fingerprint density at radius 1 is 0.560 bits per heavy atom. The van der Waals surface area contributed by atoms with Gasteiger partial charge >= 0.3 is 5.51 Å². The first-order valence-corrected chi connectivity index (χ1v) is 18.2. The number of benzene rings is 5. The molecule has 5 aromatic carbocycles. The lowest BCUT2D eigenvalue weighted by Gasteiger charge is -2.36. The van der Waals surface area contributed by atoms with Crippen molar-refractivity contribution in [1.82, 2.24) is 0 Å². The van der Waals surface area contributed by atoms with Crippen LogP contribution in [0.5, 0.6) is 28.7 Å². The molecule has 0 fully saturated rings. The minimum absolute atomic E-state index is 0.250. The molecule has 13 heteroatoms. The van der Waals surface area contributed by atoms with Crippen LogP contribution in [0.4, 0.5) is 13.2 Å². The lowest BCUT2D eigenvalue weighted by molar-refractivity contribution is -0.0517. The third-order valence-electron chi connectivity index (χ3n) is 7.91. The molecule has 0 heterocycles. The van der Waals surface area contributed by atoms with E-state index in [1.807, 2.05) is 18.2 Å². The van der Waals surface area contributed by atoms with Crippen LogP contribution >= 0.6 is 7.26 Å². The molecule has 0 aliphatic carbocycles. The quantitative estimate of drug-likeness (QED) is 0.0826. The van der Waals surface area contributed by atoms with Crippen LogP contribution in [0.3, 0.4) is 0 Å². The Bertz CT molecular complexity index is 1840. The maximum atomic E-state index is 10.7. The molecule has 50 heavy (non-hydrogen) atoms. The average Bonchev–Trinajstić information content (AvgIpc) is 3.13. The van der Waals surface area contributed by atoms with Crippen molar-refractivity contribution in [2.24, 2.45) is 0 Å². The Morgan fingerprint density at radius 2 is 0.940 bits per heavy atom. The number of methoxy groups -OCH3 is 5. The molecular weight excluding hydrogens is 692 g/mol. The van der Waals surface area contributed by atoms with Gasteiger partial charge in [-0.25, -0.2) is 8.42 Å². The predicted octanol–water partition coefficient (Wildman–Crippen LogP) is 6.86. The summed E-state index contributed by atoms with van der Waals surface area (Å²) in [6, 6.07) is 42.4.